The summed E-state index contributed by atoms with van der Waals surface area (Å²) in [5, 5.41) is 19.3. The molecule has 0 unspecified atom stereocenters. The van der Waals surface area contributed by atoms with Crippen molar-refractivity contribution in [3.05, 3.63) is 131 Å². The van der Waals surface area contributed by atoms with E-state index in [2.05, 4.69) is 20.9 Å². The van der Waals surface area contributed by atoms with Crippen molar-refractivity contribution in [1.29, 1.82) is 0 Å². The number of halogens is 1. The van der Waals surface area contributed by atoms with Crippen LogP contribution in [0.2, 0.25) is 5.02 Å². The Morgan fingerprint density at radius 3 is 1.95 bits per heavy atom. The largest absolute Gasteiger partial charge is 0.480 e. The van der Waals surface area contributed by atoms with E-state index in [1.165, 1.54) is 18.2 Å². The fraction of sp³-hybridized carbons (Fsp3) is 0.0625. The van der Waals surface area contributed by atoms with E-state index in [-0.39, 0.29) is 28.9 Å². The third-order valence-corrected chi connectivity index (χ3v) is 6.90. The van der Waals surface area contributed by atoms with Crippen LogP contribution in [-0.2, 0) is 11.2 Å². The maximum Gasteiger partial charge on any atom is 0.326 e. The summed E-state index contributed by atoms with van der Waals surface area (Å²) in [6.07, 6.45) is 1.78. The maximum absolute atomic E-state index is 13.3. The number of benzene rings is 4. The summed E-state index contributed by atoms with van der Waals surface area (Å²) < 4.78 is 0. The predicted molar refractivity (Wildman–Crippen MR) is 161 cm³/mol. The molecule has 5 aromatic rings. The van der Waals surface area contributed by atoms with Gasteiger partial charge < -0.3 is 26.0 Å². The number of H-pyrrole nitrogens is 1. The molecule has 0 aliphatic heterocycles. The summed E-state index contributed by atoms with van der Waals surface area (Å²) in [5.74, 6) is -2.86. The first-order valence-corrected chi connectivity index (χ1v) is 13.3. The summed E-state index contributed by atoms with van der Waals surface area (Å²) in [5.41, 5.74) is 2.66. The summed E-state index contributed by atoms with van der Waals surface area (Å²) in [4.78, 5) is 54.6. The van der Waals surface area contributed by atoms with E-state index in [1.807, 2.05) is 24.3 Å². The second-order valence-corrected chi connectivity index (χ2v) is 9.87. The van der Waals surface area contributed by atoms with Gasteiger partial charge in [0.05, 0.1) is 22.5 Å². The quantitative estimate of drug-likeness (QED) is 0.151. The normalized spacial score (nSPS) is 11.5. The number of aliphatic carboxylic acids is 1. The van der Waals surface area contributed by atoms with Crippen LogP contribution in [0.15, 0.2) is 103 Å². The molecule has 1 heterocycles. The number of amides is 3. The molecule has 3 amide bonds. The monoisotopic (exact) mass is 580 g/mol. The summed E-state index contributed by atoms with van der Waals surface area (Å²) >= 11 is 5.91. The van der Waals surface area contributed by atoms with Gasteiger partial charge in [-0.1, -0.05) is 54.1 Å². The van der Waals surface area contributed by atoms with Gasteiger partial charge in [0.15, 0.2) is 0 Å². The lowest BCUT2D eigenvalue weighted by Gasteiger charge is -2.17. The molecule has 1 atom stereocenters. The van der Waals surface area contributed by atoms with Crippen molar-refractivity contribution >= 4 is 57.6 Å². The fourth-order valence-corrected chi connectivity index (χ4v) is 4.65. The number of carbonyl (C=O) groups excluding carboxylic acids is 3. The first-order valence-electron chi connectivity index (χ1n) is 12.9. The number of carbonyl (C=O) groups is 4. The zero-order valence-electron chi connectivity index (χ0n) is 22.1. The smallest absolute Gasteiger partial charge is 0.326 e. The topological polar surface area (TPSA) is 140 Å². The van der Waals surface area contributed by atoms with E-state index < -0.39 is 29.7 Å². The van der Waals surface area contributed by atoms with Gasteiger partial charge in [0.2, 0.25) is 0 Å². The van der Waals surface area contributed by atoms with Crippen molar-refractivity contribution in [2.45, 2.75) is 12.5 Å². The van der Waals surface area contributed by atoms with Gasteiger partial charge in [-0.05, 0) is 60.2 Å². The SMILES string of the molecule is O=C(Nc1ccccc1C(=O)Nc1ccccc1C(=O)N[C@@H](Cc1c[nH]c2ccccc12)C(=O)O)c1ccc(Cl)cc1. The molecule has 0 aliphatic carbocycles. The van der Waals surface area contributed by atoms with Gasteiger partial charge in [0.25, 0.3) is 17.7 Å². The number of fused-ring (bicyclic) bond motifs is 1. The minimum absolute atomic E-state index is 0.0559. The highest BCUT2D eigenvalue weighted by Gasteiger charge is 2.24. The molecule has 4 aromatic carbocycles. The average Bonchev–Trinajstić information content (AvgIpc) is 3.40. The average molecular weight is 581 g/mol. The Balaban J connectivity index is 1.33. The van der Waals surface area contributed by atoms with Crippen LogP contribution >= 0.6 is 11.6 Å². The van der Waals surface area contributed by atoms with Crippen molar-refractivity contribution in [3.8, 4) is 0 Å². The second-order valence-electron chi connectivity index (χ2n) is 9.43. The lowest BCUT2D eigenvalue weighted by molar-refractivity contribution is -0.139. The molecule has 0 fully saturated rings. The number of aromatic nitrogens is 1. The minimum Gasteiger partial charge on any atom is -0.480 e. The minimum atomic E-state index is -1.22. The van der Waals surface area contributed by atoms with E-state index in [0.29, 0.717) is 10.6 Å². The van der Waals surface area contributed by atoms with Crippen LogP contribution in [0.4, 0.5) is 11.4 Å². The Kier molecular flexibility index (Phi) is 8.31. The van der Waals surface area contributed by atoms with Gasteiger partial charge in [-0.15, -0.1) is 0 Å². The standard InChI is InChI=1S/C32H25ClN4O5/c33-21-15-13-19(14-16-21)29(38)35-26-11-5-2-8-23(26)30(39)36-27-12-6-3-9-24(27)31(40)37-28(32(41)42)17-20-18-34-25-10-4-1-7-22(20)25/h1-16,18,28,34H,17H2,(H,35,38)(H,36,39)(H,37,40)(H,41,42)/t28-/m0/s1. The van der Waals surface area contributed by atoms with Gasteiger partial charge in [-0.25, -0.2) is 4.79 Å². The first-order chi connectivity index (χ1) is 20.3. The van der Waals surface area contributed by atoms with Crippen LogP contribution in [0, 0.1) is 0 Å². The molecule has 9 nitrogen and oxygen atoms in total. The molecule has 210 valence electrons. The van der Waals surface area contributed by atoms with E-state index in [9.17, 15) is 24.3 Å². The number of aromatic amines is 1. The van der Waals surface area contributed by atoms with Crippen molar-refractivity contribution < 1.29 is 24.3 Å². The van der Waals surface area contributed by atoms with E-state index in [4.69, 9.17) is 11.6 Å². The van der Waals surface area contributed by atoms with E-state index >= 15 is 0 Å². The molecule has 0 spiro atoms. The van der Waals surface area contributed by atoms with Gasteiger partial charge in [-0.2, -0.15) is 0 Å². The Morgan fingerprint density at radius 1 is 0.714 bits per heavy atom. The number of rotatable bonds is 9. The van der Waals surface area contributed by atoms with Crippen molar-refractivity contribution in [1.82, 2.24) is 10.3 Å². The number of anilines is 2. The number of hydrogen-bond donors (Lipinski definition) is 5. The lowest BCUT2D eigenvalue weighted by atomic mass is 10.0. The van der Waals surface area contributed by atoms with Crippen molar-refractivity contribution in [2.75, 3.05) is 10.6 Å². The third-order valence-electron chi connectivity index (χ3n) is 6.65. The molecular formula is C32H25ClN4O5. The molecule has 0 saturated heterocycles. The molecule has 5 rings (SSSR count). The van der Waals surface area contributed by atoms with Crippen LogP contribution in [0.25, 0.3) is 10.9 Å². The van der Waals surface area contributed by atoms with Crippen LogP contribution < -0.4 is 16.0 Å². The third kappa shape index (κ3) is 6.32. The van der Waals surface area contributed by atoms with E-state index in [1.54, 1.807) is 60.8 Å². The fourth-order valence-electron chi connectivity index (χ4n) is 4.52. The molecule has 5 N–H and O–H groups in total. The highest BCUT2D eigenvalue weighted by atomic mass is 35.5. The van der Waals surface area contributed by atoms with Gasteiger partial charge in [0, 0.05) is 34.1 Å². The van der Waals surface area contributed by atoms with Crippen LogP contribution in [0.3, 0.4) is 0 Å². The molecule has 0 aliphatic rings. The van der Waals surface area contributed by atoms with Crippen molar-refractivity contribution in [2.24, 2.45) is 0 Å². The number of para-hydroxylation sites is 3. The molecule has 10 heteroatoms. The molecule has 0 bridgehead atoms. The lowest BCUT2D eigenvalue weighted by Crippen LogP contribution is -2.42. The molecular weight excluding hydrogens is 556 g/mol. The Labute approximate surface area is 245 Å². The zero-order valence-corrected chi connectivity index (χ0v) is 22.8. The number of nitrogens with one attached hydrogen (secondary N) is 4. The van der Waals surface area contributed by atoms with E-state index in [0.717, 1.165) is 16.5 Å². The Morgan fingerprint density at radius 2 is 1.29 bits per heavy atom. The van der Waals surface area contributed by atoms with Gasteiger partial charge >= 0.3 is 5.97 Å². The molecule has 42 heavy (non-hydrogen) atoms. The number of carboxylic acid groups (broad SMARTS) is 1. The Hall–Kier alpha value is -5.41. The molecule has 0 saturated carbocycles. The molecule has 1 aromatic heterocycles. The van der Waals surface area contributed by atoms with Gasteiger partial charge in [-0.3, -0.25) is 14.4 Å². The maximum atomic E-state index is 13.3. The number of hydrogen-bond acceptors (Lipinski definition) is 4. The predicted octanol–water partition coefficient (Wildman–Crippen LogP) is 5.75. The summed E-state index contributed by atoms with van der Waals surface area (Å²) in [7, 11) is 0. The number of carboxylic acids is 1. The van der Waals surface area contributed by atoms with Crippen molar-refractivity contribution in [3.63, 3.8) is 0 Å². The Bertz CT molecular complexity index is 1800. The van der Waals surface area contributed by atoms with Gasteiger partial charge in [0.1, 0.15) is 6.04 Å². The van der Waals surface area contributed by atoms with Crippen LogP contribution in [0.1, 0.15) is 36.6 Å². The summed E-state index contributed by atoms with van der Waals surface area (Å²) in [6.45, 7) is 0. The summed E-state index contributed by atoms with van der Waals surface area (Å²) in [6, 6.07) is 25.3. The highest BCUT2D eigenvalue weighted by Crippen LogP contribution is 2.23. The zero-order chi connectivity index (χ0) is 29.6. The highest BCUT2D eigenvalue weighted by molar-refractivity contribution is 6.30. The van der Waals surface area contributed by atoms with Crippen LogP contribution in [0.5, 0.6) is 0 Å². The second kappa shape index (κ2) is 12.4. The molecule has 0 radical (unpaired) electrons. The first kappa shape index (κ1) is 28.1. The van der Waals surface area contributed by atoms with Crippen LogP contribution in [-0.4, -0.2) is 39.8 Å².